The first-order valence-electron chi connectivity index (χ1n) is 17.7. The predicted molar refractivity (Wildman–Crippen MR) is 228 cm³/mol. The molecule has 8 aromatic carbocycles. The zero-order valence-corrected chi connectivity index (χ0v) is 30.5. The van der Waals surface area contributed by atoms with Crippen LogP contribution in [0.5, 0.6) is 0 Å². The Labute approximate surface area is 303 Å². The third kappa shape index (κ3) is 7.32. The largest absolute Gasteiger partial charge is 0.103 e. The van der Waals surface area contributed by atoms with Crippen LogP contribution in [-0.2, 0) is 0 Å². The van der Waals surface area contributed by atoms with Crippen molar-refractivity contribution >= 4 is 43.1 Å². The molecule has 0 heterocycles. The van der Waals surface area contributed by atoms with Crippen LogP contribution in [0.25, 0.3) is 76.5 Å². The quantitative estimate of drug-likeness (QED) is 0.130. The normalized spacial score (nSPS) is 10.6. The Bertz CT molecular complexity index is 2550. The summed E-state index contributed by atoms with van der Waals surface area (Å²) >= 11 is 0. The Morgan fingerprint density at radius 2 is 0.882 bits per heavy atom. The Morgan fingerprint density at radius 3 is 1.43 bits per heavy atom. The SMILES string of the molecule is C=CC.C=CC=C(C)C.Cc1ccc2cc(-c3ccc(-c4cccc5c(-c6ccc(C)c7ccccc67)cccc45)c4ccccc34)ccc2c1. The van der Waals surface area contributed by atoms with Gasteiger partial charge in [0.1, 0.15) is 0 Å². The third-order valence-electron chi connectivity index (χ3n) is 9.33. The van der Waals surface area contributed by atoms with Gasteiger partial charge in [-0.1, -0.05) is 175 Å². The molecule has 51 heavy (non-hydrogen) atoms. The lowest BCUT2D eigenvalue weighted by Crippen LogP contribution is -1.90. The molecule has 0 nitrogen and oxygen atoms in total. The Hall–Kier alpha value is -5.98. The smallest absolute Gasteiger partial charge is 0.00987 e. The van der Waals surface area contributed by atoms with Crippen LogP contribution >= 0.6 is 0 Å². The van der Waals surface area contributed by atoms with Crippen LogP contribution in [-0.4, -0.2) is 0 Å². The highest BCUT2D eigenvalue weighted by molar-refractivity contribution is 6.13. The molecule has 0 fully saturated rings. The van der Waals surface area contributed by atoms with Gasteiger partial charge in [-0.05, 0) is 123 Å². The molecule has 0 unspecified atom stereocenters. The van der Waals surface area contributed by atoms with Crippen LogP contribution in [0.15, 0.2) is 183 Å². The number of benzene rings is 8. The van der Waals surface area contributed by atoms with Gasteiger partial charge in [-0.25, -0.2) is 0 Å². The summed E-state index contributed by atoms with van der Waals surface area (Å²) in [5, 5.41) is 10.3. The zero-order chi connectivity index (χ0) is 35.9. The molecular formula is C51H46. The zero-order valence-electron chi connectivity index (χ0n) is 30.5. The van der Waals surface area contributed by atoms with Gasteiger partial charge in [0.05, 0.1) is 0 Å². The van der Waals surface area contributed by atoms with E-state index < -0.39 is 0 Å². The van der Waals surface area contributed by atoms with Gasteiger partial charge < -0.3 is 0 Å². The molecule has 0 bridgehead atoms. The minimum absolute atomic E-state index is 1.25. The fraction of sp³-hybridized carbons (Fsp3) is 0.0980. The predicted octanol–water partition coefficient (Wildman–Crippen LogP) is 15.2. The van der Waals surface area contributed by atoms with E-state index in [1.165, 1.54) is 93.2 Å². The van der Waals surface area contributed by atoms with E-state index in [-0.39, 0.29) is 0 Å². The molecule has 250 valence electrons. The van der Waals surface area contributed by atoms with Crippen LogP contribution in [0.2, 0.25) is 0 Å². The van der Waals surface area contributed by atoms with E-state index in [1.807, 2.05) is 26.8 Å². The van der Waals surface area contributed by atoms with Crippen LogP contribution in [0.1, 0.15) is 31.9 Å². The molecule has 0 aliphatic heterocycles. The maximum atomic E-state index is 3.52. The molecule has 0 aliphatic rings. The van der Waals surface area contributed by atoms with E-state index >= 15 is 0 Å². The highest BCUT2D eigenvalue weighted by atomic mass is 14.2. The van der Waals surface area contributed by atoms with E-state index in [0.29, 0.717) is 0 Å². The molecule has 0 spiro atoms. The lowest BCUT2D eigenvalue weighted by Gasteiger charge is -2.16. The van der Waals surface area contributed by atoms with E-state index in [0.717, 1.165) is 0 Å². The molecule has 8 aromatic rings. The van der Waals surface area contributed by atoms with Crippen LogP contribution in [0, 0.1) is 13.8 Å². The lowest BCUT2D eigenvalue weighted by molar-refractivity contribution is 1.40. The first kappa shape index (κ1) is 34.9. The molecule has 0 aromatic heterocycles. The van der Waals surface area contributed by atoms with Crippen molar-refractivity contribution in [3.05, 3.63) is 194 Å². The number of hydrogen-bond acceptors (Lipinski definition) is 0. The number of aryl methyl sites for hydroxylation is 2. The topological polar surface area (TPSA) is 0 Å². The van der Waals surface area contributed by atoms with E-state index in [4.69, 9.17) is 0 Å². The maximum absolute atomic E-state index is 3.52. The fourth-order valence-corrected chi connectivity index (χ4v) is 7.02. The molecule has 0 atom stereocenters. The highest BCUT2D eigenvalue weighted by Gasteiger charge is 2.15. The van der Waals surface area contributed by atoms with Crippen molar-refractivity contribution in [2.75, 3.05) is 0 Å². The summed E-state index contributed by atoms with van der Waals surface area (Å²) in [7, 11) is 0. The van der Waals surface area contributed by atoms with Crippen molar-refractivity contribution in [1.82, 2.24) is 0 Å². The van der Waals surface area contributed by atoms with Gasteiger partial charge in [-0.15, -0.1) is 6.58 Å². The average molecular weight is 659 g/mol. The summed E-state index contributed by atoms with van der Waals surface area (Å²) in [6.45, 7) is 17.2. The number of fused-ring (bicyclic) bond motifs is 4. The van der Waals surface area contributed by atoms with Gasteiger partial charge in [0.2, 0.25) is 0 Å². The van der Waals surface area contributed by atoms with Crippen molar-refractivity contribution < 1.29 is 0 Å². The first-order valence-corrected chi connectivity index (χ1v) is 17.7. The molecule has 0 saturated carbocycles. The maximum Gasteiger partial charge on any atom is -0.00987 e. The number of allylic oxidation sites excluding steroid dienone is 4. The van der Waals surface area contributed by atoms with Gasteiger partial charge in [-0.2, -0.15) is 0 Å². The van der Waals surface area contributed by atoms with Gasteiger partial charge in [0.25, 0.3) is 0 Å². The lowest BCUT2D eigenvalue weighted by atomic mass is 9.87. The molecule has 0 aliphatic carbocycles. The van der Waals surface area contributed by atoms with Crippen molar-refractivity contribution in [1.29, 1.82) is 0 Å². The summed E-state index contributed by atoms with van der Waals surface area (Å²) in [6, 6.07) is 53.8. The van der Waals surface area contributed by atoms with E-state index in [1.54, 1.807) is 12.2 Å². The van der Waals surface area contributed by atoms with Crippen LogP contribution in [0.3, 0.4) is 0 Å². The number of rotatable bonds is 4. The summed E-state index contributed by atoms with van der Waals surface area (Å²) in [4.78, 5) is 0. The third-order valence-corrected chi connectivity index (χ3v) is 9.33. The van der Waals surface area contributed by atoms with Crippen LogP contribution < -0.4 is 0 Å². The van der Waals surface area contributed by atoms with E-state index in [9.17, 15) is 0 Å². The first-order chi connectivity index (χ1) is 24.8. The van der Waals surface area contributed by atoms with Gasteiger partial charge in [0.15, 0.2) is 0 Å². The van der Waals surface area contributed by atoms with Crippen molar-refractivity contribution in [2.24, 2.45) is 0 Å². The van der Waals surface area contributed by atoms with Gasteiger partial charge in [0, 0.05) is 0 Å². The minimum Gasteiger partial charge on any atom is -0.103 e. The standard InChI is InChI=1S/C42H30.C6H10.C3H6/c1-27-17-19-30-26-31(21-20-29(30)25-27)33-23-24-42(36-12-6-5-11-35(33)36)40-16-8-13-37-38(40)14-7-15-39(37)41-22-18-28(2)32-9-3-4-10-34(32)41;1-4-5-6(2)3;1-3-2/h3-26H,1-2H3;4-5H,1H2,2-3H3;3H,1H2,2H3. The van der Waals surface area contributed by atoms with Gasteiger partial charge in [-0.3, -0.25) is 0 Å². The second-order valence-corrected chi connectivity index (χ2v) is 13.3. The Kier molecular flexibility index (Phi) is 10.7. The van der Waals surface area contributed by atoms with Crippen molar-refractivity contribution in [3.63, 3.8) is 0 Å². The summed E-state index contributed by atoms with van der Waals surface area (Å²) in [6.07, 6.45) is 5.51. The second-order valence-electron chi connectivity index (χ2n) is 13.3. The van der Waals surface area contributed by atoms with Crippen molar-refractivity contribution in [3.8, 4) is 33.4 Å². The molecular weight excluding hydrogens is 613 g/mol. The summed E-state index contributed by atoms with van der Waals surface area (Å²) in [5.41, 5.74) is 11.5. The molecule has 0 saturated heterocycles. The van der Waals surface area contributed by atoms with Crippen molar-refractivity contribution in [2.45, 2.75) is 34.6 Å². The molecule has 0 radical (unpaired) electrons. The molecule has 0 amide bonds. The Balaban J connectivity index is 0.000000448. The highest BCUT2D eigenvalue weighted by Crippen LogP contribution is 2.42. The summed E-state index contributed by atoms with van der Waals surface area (Å²) < 4.78 is 0. The fourth-order valence-electron chi connectivity index (χ4n) is 7.02. The monoisotopic (exact) mass is 658 g/mol. The second kappa shape index (κ2) is 15.7. The van der Waals surface area contributed by atoms with Gasteiger partial charge >= 0.3 is 0 Å². The summed E-state index contributed by atoms with van der Waals surface area (Å²) in [5.74, 6) is 0. The van der Waals surface area contributed by atoms with E-state index in [2.05, 4.69) is 173 Å². The average Bonchev–Trinajstić information content (AvgIpc) is 3.15. The molecule has 0 heteroatoms. The number of hydrogen-bond donors (Lipinski definition) is 0. The van der Waals surface area contributed by atoms with Crippen LogP contribution in [0.4, 0.5) is 0 Å². The molecule has 0 N–H and O–H groups in total. The minimum atomic E-state index is 1.25. The Morgan fingerprint density at radius 1 is 0.451 bits per heavy atom. The molecule has 8 rings (SSSR count).